The minimum absolute atomic E-state index is 0.0339. The van der Waals surface area contributed by atoms with Crippen LogP contribution in [0.4, 0.5) is 23.7 Å². The quantitative estimate of drug-likeness (QED) is 0.599. The van der Waals surface area contributed by atoms with Crippen molar-refractivity contribution in [3.63, 3.8) is 0 Å². The molecule has 0 radical (unpaired) electrons. The van der Waals surface area contributed by atoms with Gasteiger partial charge in [0.1, 0.15) is 12.1 Å². The Bertz CT molecular complexity index is 1310. The number of carbonyl (C=O) groups is 3. The Morgan fingerprint density at radius 1 is 1.18 bits per heavy atom. The number of amides is 4. The maximum Gasteiger partial charge on any atom is 0.417 e. The van der Waals surface area contributed by atoms with Gasteiger partial charge in [-0.3, -0.25) is 9.59 Å². The van der Waals surface area contributed by atoms with Crippen molar-refractivity contribution in [2.75, 3.05) is 11.4 Å². The van der Waals surface area contributed by atoms with E-state index in [1.165, 1.54) is 34.1 Å². The third-order valence-corrected chi connectivity index (χ3v) is 7.19. The highest BCUT2D eigenvalue weighted by atomic mass is 35.5. The first-order valence-corrected chi connectivity index (χ1v) is 10.8. The summed E-state index contributed by atoms with van der Waals surface area (Å²) in [5, 5.41) is 9.28. The number of carbonyl (C=O) groups excluding carboxylic acids is 3. The summed E-state index contributed by atoms with van der Waals surface area (Å²) in [6, 6.07) is 6.52. The van der Waals surface area contributed by atoms with Crippen molar-refractivity contribution >= 4 is 35.1 Å². The number of benzene rings is 2. The molecule has 0 spiro atoms. The number of nitriles is 1. The topological polar surface area (TPSA) is 84.7 Å². The van der Waals surface area contributed by atoms with Gasteiger partial charge in [-0.1, -0.05) is 23.7 Å². The number of piperazine rings is 1. The first kappa shape index (κ1) is 22.2. The van der Waals surface area contributed by atoms with E-state index >= 15 is 0 Å². The van der Waals surface area contributed by atoms with Gasteiger partial charge in [0.25, 0.3) is 11.8 Å². The van der Waals surface area contributed by atoms with Crippen molar-refractivity contribution in [3.8, 4) is 6.07 Å². The number of imide groups is 1. The Labute approximate surface area is 196 Å². The molecule has 1 unspecified atom stereocenters. The number of urea groups is 1. The highest BCUT2D eigenvalue weighted by Gasteiger charge is 2.63. The molecule has 4 amide bonds. The van der Waals surface area contributed by atoms with Crippen LogP contribution in [0.15, 0.2) is 36.4 Å². The molecule has 0 N–H and O–H groups in total. The molecule has 174 valence electrons. The molecule has 2 aromatic rings. The van der Waals surface area contributed by atoms with Crippen molar-refractivity contribution in [3.05, 3.63) is 63.7 Å². The first-order chi connectivity index (χ1) is 16.1. The first-order valence-electron chi connectivity index (χ1n) is 10.4. The van der Waals surface area contributed by atoms with E-state index in [9.17, 15) is 27.6 Å². The Balaban J connectivity index is 1.48. The van der Waals surface area contributed by atoms with Crippen molar-refractivity contribution in [1.29, 1.82) is 5.26 Å². The van der Waals surface area contributed by atoms with Crippen molar-refractivity contribution < 1.29 is 27.6 Å². The van der Waals surface area contributed by atoms with Gasteiger partial charge in [-0.25, -0.2) is 9.69 Å². The van der Waals surface area contributed by atoms with Crippen molar-refractivity contribution in [2.24, 2.45) is 0 Å². The Morgan fingerprint density at radius 3 is 2.56 bits per heavy atom. The molecule has 3 aliphatic rings. The molecule has 3 heterocycles. The highest BCUT2D eigenvalue weighted by molar-refractivity contribution is 6.33. The van der Waals surface area contributed by atoms with Crippen LogP contribution in [-0.4, -0.2) is 52.3 Å². The largest absolute Gasteiger partial charge is 0.417 e. The predicted octanol–water partition coefficient (Wildman–Crippen LogP) is 3.97. The molecule has 0 saturated carbocycles. The smallest absolute Gasteiger partial charge is 0.331 e. The van der Waals surface area contributed by atoms with Crippen LogP contribution < -0.4 is 4.90 Å². The second-order valence-corrected chi connectivity index (χ2v) is 8.83. The number of rotatable bonds is 2. The lowest BCUT2D eigenvalue weighted by Crippen LogP contribution is -2.55. The summed E-state index contributed by atoms with van der Waals surface area (Å²) in [5.41, 5.74) is -0.728. The van der Waals surface area contributed by atoms with E-state index in [0.29, 0.717) is 12.0 Å². The fourth-order valence-electron chi connectivity index (χ4n) is 5.19. The van der Waals surface area contributed by atoms with Gasteiger partial charge in [0.2, 0.25) is 0 Å². The lowest BCUT2D eigenvalue weighted by atomic mass is 10.0. The zero-order valence-electron chi connectivity index (χ0n) is 17.6. The lowest BCUT2D eigenvalue weighted by Gasteiger charge is -2.35. The van der Waals surface area contributed by atoms with Crippen LogP contribution in [0, 0.1) is 18.3 Å². The molecule has 3 aliphatic heterocycles. The van der Waals surface area contributed by atoms with E-state index in [2.05, 4.69) is 0 Å². The van der Waals surface area contributed by atoms with Gasteiger partial charge in [-0.2, -0.15) is 18.4 Å². The zero-order valence-corrected chi connectivity index (χ0v) is 18.4. The molecule has 3 fully saturated rings. The fourth-order valence-corrected chi connectivity index (χ4v) is 5.39. The molecule has 5 rings (SSSR count). The van der Waals surface area contributed by atoms with E-state index in [1.54, 1.807) is 6.92 Å². The van der Waals surface area contributed by atoms with Gasteiger partial charge < -0.3 is 9.80 Å². The van der Waals surface area contributed by atoms with Crippen LogP contribution in [0.2, 0.25) is 5.02 Å². The summed E-state index contributed by atoms with van der Waals surface area (Å²) in [7, 11) is 0. The van der Waals surface area contributed by atoms with Crippen LogP contribution in [0.25, 0.3) is 0 Å². The highest BCUT2D eigenvalue weighted by Crippen LogP contribution is 2.44. The molecule has 7 nitrogen and oxygen atoms in total. The second-order valence-electron chi connectivity index (χ2n) is 8.45. The molecule has 11 heteroatoms. The fraction of sp³-hybridized carbons (Fsp3) is 0.304. The molecular formula is C23H16ClF3N4O3. The lowest BCUT2D eigenvalue weighted by molar-refractivity contribution is -0.138. The number of likely N-dealkylation sites (tertiary alicyclic amines) is 1. The van der Waals surface area contributed by atoms with Crippen LogP contribution in [0.5, 0.6) is 0 Å². The van der Waals surface area contributed by atoms with Gasteiger partial charge in [-0.05, 0) is 43.2 Å². The standard InChI is InChI=1S/C23H16ClF3N4O3/c1-11-16(7-6-12(9-28)18(11)24)31-21(33)19-17-8-13(30(19)22(31)34)10-29(17)20(32)14-4-2-3-5-15(14)23(25,26)27/h2-7,13,17,19H,8,10H2,1H3/t13-,17?,19-/m1/s1. The van der Waals surface area contributed by atoms with E-state index < -0.39 is 53.3 Å². The third-order valence-electron chi connectivity index (χ3n) is 6.71. The van der Waals surface area contributed by atoms with Gasteiger partial charge in [0, 0.05) is 6.54 Å². The molecule has 34 heavy (non-hydrogen) atoms. The Morgan fingerprint density at radius 2 is 1.88 bits per heavy atom. The maximum atomic E-state index is 13.5. The number of hydrogen-bond acceptors (Lipinski definition) is 4. The van der Waals surface area contributed by atoms with Crippen LogP contribution in [0.1, 0.15) is 33.5 Å². The minimum Gasteiger partial charge on any atom is -0.331 e. The van der Waals surface area contributed by atoms with E-state index in [0.717, 1.165) is 17.0 Å². The second kappa shape index (κ2) is 7.46. The summed E-state index contributed by atoms with van der Waals surface area (Å²) < 4.78 is 40.4. The SMILES string of the molecule is Cc1c(N2C(=O)[C@H]3C4C[C@H](CN4C(=O)c4ccccc4C(F)(F)F)N3C2=O)ccc(C#N)c1Cl. The van der Waals surface area contributed by atoms with Gasteiger partial charge in [-0.15, -0.1) is 0 Å². The Hall–Kier alpha value is -3.58. The molecule has 3 saturated heterocycles. The summed E-state index contributed by atoms with van der Waals surface area (Å²) in [6.45, 7) is 1.62. The molecule has 2 bridgehead atoms. The van der Waals surface area contributed by atoms with Gasteiger partial charge in [0.05, 0.1) is 39.5 Å². The van der Waals surface area contributed by atoms with Gasteiger partial charge in [0.15, 0.2) is 0 Å². The molecule has 0 aromatic heterocycles. The number of alkyl halides is 3. The number of anilines is 1. The van der Waals surface area contributed by atoms with E-state index in [4.69, 9.17) is 16.9 Å². The number of nitrogens with zero attached hydrogens (tertiary/aromatic N) is 4. The molecule has 2 aromatic carbocycles. The van der Waals surface area contributed by atoms with Crippen molar-refractivity contribution in [1.82, 2.24) is 9.80 Å². The predicted molar refractivity (Wildman–Crippen MR) is 114 cm³/mol. The average Bonchev–Trinajstić information content (AvgIpc) is 3.46. The molecule has 0 aliphatic carbocycles. The van der Waals surface area contributed by atoms with Crippen LogP contribution in [0.3, 0.4) is 0 Å². The van der Waals surface area contributed by atoms with Gasteiger partial charge >= 0.3 is 12.2 Å². The minimum atomic E-state index is -4.71. The van der Waals surface area contributed by atoms with Crippen LogP contribution >= 0.6 is 11.6 Å². The summed E-state index contributed by atoms with van der Waals surface area (Å²) >= 11 is 6.22. The zero-order chi connectivity index (χ0) is 24.5. The van der Waals surface area contributed by atoms with E-state index in [1.807, 2.05) is 6.07 Å². The van der Waals surface area contributed by atoms with E-state index in [-0.39, 0.29) is 22.8 Å². The molecular weight excluding hydrogens is 473 g/mol. The van der Waals surface area contributed by atoms with Crippen LogP contribution in [-0.2, 0) is 11.0 Å². The maximum absolute atomic E-state index is 13.5. The van der Waals surface area contributed by atoms with Crippen molar-refractivity contribution in [2.45, 2.75) is 37.6 Å². The number of fused-ring (bicyclic) bond motifs is 5. The summed E-state index contributed by atoms with van der Waals surface area (Å²) in [4.78, 5) is 43.4. The summed E-state index contributed by atoms with van der Waals surface area (Å²) in [5.74, 6) is -1.40. The average molecular weight is 489 g/mol. The normalized spacial score (nSPS) is 23.5. The third kappa shape index (κ3) is 3.00. The number of halogens is 4. The Kier molecular flexibility index (Phi) is 4.88. The summed E-state index contributed by atoms with van der Waals surface area (Å²) in [6.07, 6.45) is -4.40. The number of hydrogen-bond donors (Lipinski definition) is 0. The monoisotopic (exact) mass is 488 g/mol. The molecule has 3 atom stereocenters.